The average molecular weight is 335 g/mol. The third-order valence-corrected chi connectivity index (χ3v) is 3.79. The number of alkyl carbamates (subject to hydrolysis) is 1. The van der Waals surface area contributed by atoms with Crippen molar-refractivity contribution in [2.45, 2.75) is 43.1 Å². The Kier molecular flexibility index (Phi) is 6.72. The molecule has 1 atom stereocenters. The number of hydrogen-bond acceptors (Lipinski definition) is 4. The van der Waals surface area contributed by atoms with Crippen LogP contribution >= 0.6 is 34.8 Å². The molecule has 1 N–H and O–H groups in total. The third-order valence-electron chi connectivity index (χ3n) is 2.43. The zero-order valence-electron chi connectivity index (χ0n) is 11.4. The highest BCUT2D eigenvalue weighted by molar-refractivity contribution is 6.68. The predicted molar refractivity (Wildman–Crippen MR) is 74.6 cm³/mol. The maximum Gasteiger partial charge on any atom is 0.408 e. The van der Waals surface area contributed by atoms with Gasteiger partial charge >= 0.3 is 12.1 Å². The van der Waals surface area contributed by atoms with Gasteiger partial charge in [0.05, 0.1) is 7.11 Å². The lowest BCUT2D eigenvalue weighted by molar-refractivity contribution is -0.144. The summed E-state index contributed by atoms with van der Waals surface area (Å²) in [6.07, 6.45) is -0.861. The molecule has 0 spiro atoms. The van der Waals surface area contributed by atoms with Crippen LogP contribution in [0.1, 0.15) is 27.7 Å². The van der Waals surface area contributed by atoms with Crippen LogP contribution in [0, 0.1) is 5.92 Å². The number of esters is 1. The lowest BCUT2D eigenvalue weighted by atomic mass is 10.1. The van der Waals surface area contributed by atoms with Gasteiger partial charge in [0.15, 0.2) is 5.60 Å². The minimum absolute atomic E-state index is 0.170. The molecule has 0 bridgehead atoms. The molecule has 0 rings (SSSR count). The Bertz CT molecular complexity index is 339. The van der Waals surface area contributed by atoms with E-state index >= 15 is 0 Å². The number of methoxy groups -OCH3 is 1. The Hall–Kier alpha value is -0.390. The fourth-order valence-electron chi connectivity index (χ4n) is 1.07. The number of carbonyl (C=O) groups excluding carboxylic acids is 2. The fraction of sp³-hybridized carbons (Fsp3) is 0.818. The van der Waals surface area contributed by atoms with E-state index < -0.39 is 27.5 Å². The summed E-state index contributed by atoms with van der Waals surface area (Å²) < 4.78 is 7.82. The van der Waals surface area contributed by atoms with Gasteiger partial charge in [0.25, 0.3) is 0 Å². The van der Waals surface area contributed by atoms with E-state index in [2.05, 4.69) is 10.1 Å². The molecule has 0 saturated carbocycles. The van der Waals surface area contributed by atoms with Gasteiger partial charge in [0.2, 0.25) is 3.79 Å². The Labute approximate surface area is 127 Å². The summed E-state index contributed by atoms with van der Waals surface area (Å²) in [5, 5.41) is 2.38. The van der Waals surface area contributed by atoms with Crippen molar-refractivity contribution in [3.05, 3.63) is 0 Å². The van der Waals surface area contributed by atoms with Crippen LogP contribution in [0.15, 0.2) is 0 Å². The van der Waals surface area contributed by atoms with Crippen LogP contribution in [0.2, 0.25) is 0 Å². The van der Waals surface area contributed by atoms with E-state index in [-0.39, 0.29) is 5.92 Å². The largest absolute Gasteiger partial charge is 0.467 e. The molecule has 0 aliphatic heterocycles. The van der Waals surface area contributed by atoms with Crippen molar-refractivity contribution in [1.82, 2.24) is 5.32 Å². The number of hydrogen-bond donors (Lipinski definition) is 1. The molecule has 0 aromatic rings. The molecule has 0 fully saturated rings. The van der Waals surface area contributed by atoms with Gasteiger partial charge in [-0.05, 0) is 19.8 Å². The van der Waals surface area contributed by atoms with Crippen LogP contribution in [0.25, 0.3) is 0 Å². The number of ether oxygens (including phenoxy) is 2. The molecule has 112 valence electrons. The smallest absolute Gasteiger partial charge is 0.408 e. The fourth-order valence-corrected chi connectivity index (χ4v) is 1.19. The van der Waals surface area contributed by atoms with Crippen LogP contribution in [0.4, 0.5) is 4.79 Å². The summed E-state index contributed by atoms with van der Waals surface area (Å²) in [4.78, 5) is 23.2. The van der Waals surface area contributed by atoms with Gasteiger partial charge < -0.3 is 14.8 Å². The van der Waals surface area contributed by atoms with Crippen molar-refractivity contribution < 1.29 is 19.1 Å². The van der Waals surface area contributed by atoms with Crippen LogP contribution in [0.5, 0.6) is 0 Å². The summed E-state index contributed by atoms with van der Waals surface area (Å²) in [6.45, 7) is 6.40. The van der Waals surface area contributed by atoms with Gasteiger partial charge in [-0.1, -0.05) is 48.7 Å². The molecule has 0 saturated heterocycles. The van der Waals surface area contributed by atoms with E-state index in [0.29, 0.717) is 0 Å². The summed E-state index contributed by atoms with van der Waals surface area (Å²) in [5.41, 5.74) is -1.35. The summed E-state index contributed by atoms with van der Waals surface area (Å²) in [6, 6.07) is -0.830. The molecule has 0 heterocycles. The standard InChI is InChI=1S/C11H18Cl3NO4/c1-6(2)7(8(16)18-5)15-9(17)19-10(3,4)11(12,13)14/h6-7H,1-5H3,(H,15,17)/t7-/m0/s1. The molecule has 0 aromatic carbocycles. The van der Waals surface area contributed by atoms with Crippen molar-refractivity contribution >= 4 is 46.9 Å². The van der Waals surface area contributed by atoms with E-state index in [1.807, 2.05) is 0 Å². The maximum atomic E-state index is 11.7. The number of rotatable bonds is 4. The van der Waals surface area contributed by atoms with Gasteiger partial charge in [-0.25, -0.2) is 9.59 Å². The van der Waals surface area contributed by atoms with E-state index in [1.165, 1.54) is 21.0 Å². The van der Waals surface area contributed by atoms with Gasteiger partial charge in [-0.2, -0.15) is 0 Å². The Balaban J connectivity index is 4.73. The van der Waals surface area contributed by atoms with Crippen molar-refractivity contribution in [1.29, 1.82) is 0 Å². The van der Waals surface area contributed by atoms with Gasteiger partial charge in [-0.3, -0.25) is 0 Å². The predicted octanol–water partition coefficient (Wildman–Crippen LogP) is 3.06. The topological polar surface area (TPSA) is 64.6 Å². The molecule has 19 heavy (non-hydrogen) atoms. The number of amides is 1. The van der Waals surface area contributed by atoms with Crippen LogP contribution in [-0.4, -0.2) is 34.6 Å². The van der Waals surface area contributed by atoms with E-state index in [9.17, 15) is 9.59 Å². The molecule has 8 heteroatoms. The monoisotopic (exact) mass is 333 g/mol. The molecule has 0 aromatic heterocycles. The molecule has 1 amide bonds. The van der Waals surface area contributed by atoms with Crippen LogP contribution in [0.3, 0.4) is 0 Å². The molecular formula is C11H18Cl3NO4. The second-order valence-corrected chi connectivity index (χ2v) is 7.07. The zero-order chi connectivity index (χ0) is 15.4. The van der Waals surface area contributed by atoms with Crippen molar-refractivity contribution in [3.63, 3.8) is 0 Å². The minimum Gasteiger partial charge on any atom is -0.467 e. The van der Waals surface area contributed by atoms with Crippen molar-refractivity contribution in [3.8, 4) is 0 Å². The lowest BCUT2D eigenvalue weighted by Crippen LogP contribution is -2.50. The highest BCUT2D eigenvalue weighted by atomic mass is 35.6. The quantitative estimate of drug-likeness (QED) is 0.634. The molecule has 0 unspecified atom stereocenters. The van der Waals surface area contributed by atoms with E-state index in [0.717, 1.165) is 0 Å². The minimum atomic E-state index is -1.79. The molecule has 5 nitrogen and oxygen atoms in total. The first-order valence-electron chi connectivity index (χ1n) is 5.56. The van der Waals surface area contributed by atoms with Crippen molar-refractivity contribution in [2.24, 2.45) is 5.92 Å². The van der Waals surface area contributed by atoms with Gasteiger partial charge in [-0.15, -0.1) is 0 Å². The highest BCUT2D eigenvalue weighted by Crippen LogP contribution is 2.40. The van der Waals surface area contributed by atoms with Crippen LogP contribution < -0.4 is 5.32 Å². The van der Waals surface area contributed by atoms with Gasteiger partial charge in [0, 0.05) is 0 Å². The third kappa shape index (κ3) is 5.63. The Morgan fingerprint density at radius 3 is 1.95 bits per heavy atom. The first-order chi connectivity index (χ1) is 8.42. The average Bonchev–Trinajstić information content (AvgIpc) is 2.22. The maximum absolute atomic E-state index is 11.7. The van der Waals surface area contributed by atoms with E-state index in [4.69, 9.17) is 39.5 Å². The second-order valence-electron chi connectivity index (χ2n) is 4.79. The molecule has 0 aliphatic carbocycles. The molecule has 0 radical (unpaired) electrons. The number of carbonyl (C=O) groups is 2. The van der Waals surface area contributed by atoms with Crippen LogP contribution in [-0.2, 0) is 14.3 Å². The Morgan fingerprint density at radius 2 is 1.63 bits per heavy atom. The summed E-state index contributed by atoms with van der Waals surface area (Å²) >= 11 is 17.1. The van der Waals surface area contributed by atoms with Gasteiger partial charge in [0.1, 0.15) is 6.04 Å². The lowest BCUT2D eigenvalue weighted by Gasteiger charge is -2.32. The van der Waals surface area contributed by atoms with Crippen molar-refractivity contribution in [2.75, 3.05) is 7.11 Å². The summed E-state index contributed by atoms with van der Waals surface area (Å²) in [7, 11) is 1.23. The number of alkyl halides is 3. The molecular weight excluding hydrogens is 316 g/mol. The Morgan fingerprint density at radius 1 is 1.16 bits per heavy atom. The number of nitrogens with one attached hydrogen (secondary N) is 1. The second kappa shape index (κ2) is 6.86. The zero-order valence-corrected chi connectivity index (χ0v) is 13.7. The normalized spacial score (nSPS) is 13.9. The van der Waals surface area contributed by atoms with E-state index in [1.54, 1.807) is 13.8 Å². The highest BCUT2D eigenvalue weighted by Gasteiger charge is 2.44. The summed E-state index contributed by atoms with van der Waals surface area (Å²) in [5.74, 6) is -0.741. The molecule has 0 aliphatic rings. The number of halogens is 3. The SMILES string of the molecule is COC(=O)[C@@H](NC(=O)OC(C)(C)C(Cl)(Cl)Cl)C(C)C. The first-order valence-corrected chi connectivity index (χ1v) is 6.70. The first kappa shape index (κ1) is 18.6.